The molecule has 0 aromatic rings. The van der Waals surface area contributed by atoms with Crippen molar-refractivity contribution < 1.29 is 29.7 Å². The molecule has 0 bridgehead atoms. The molecular formula is C37H72O6S3Sn. The van der Waals surface area contributed by atoms with Crippen LogP contribution in [0.1, 0.15) is 157 Å². The van der Waals surface area contributed by atoms with Crippen LogP contribution in [0.3, 0.4) is 0 Å². The number of hydrogen-bond donors (Lipinski definition) is 3. The van der Waals surface area contributed by atoms with Crippen molar-refractivity contribution in [2.45, 2.75) is 162 Å². The van der Waals surface area contributed by atoms with Crippen molar-refractivity contribution in [3.63, 3.8) is 0 Å². The summed E-state index contributed by atoms with van der Waals surface area (Å²) >= 11 is 13.7. The quantitative estimate of drug-likeness (QED) is 0.0465. The Morgan fingerprint density at radius 3 is 0.745 bits per heavy atom. The van der Waals surface area contributed by atoms with E-state index in [0.717, 1.165) is 75.5 Å². The van der Waals surface area contributed by atoms with Crippen LogP contribution in [0.15, 0.2) is 0 Å². The third-order valence-electron chi connectivity index (χ3n) is 7.93. The van der Waals surface area contributed by atoms with E-state index in [1.165, 1.54) is 38.5 Å². The first-order valence-electron chi connectivity index (χ1n) is 18.2. The fourth-order valence-electron chi connectivity index (χ4n) is 4.97. The number of carbonyl (C=O) groups is 3. The number of carbonyl (C=O) groups excluding carboxylic acids is 3. The molecule has 0 saturated heterocycles. The van der Waals surface area contributed by atoms with Gasteiger partial charge in [0, 0.05) is 17.9 Å². The zero-order valence-corrected chi connectivity index (χ0v) is 36.6. The molecule has 0 aromatic carbocycles. The normalized spacial score (nSPS) is 12.7. The first kappa shape index (κ1) is 54.0. The SMILES string of the molecule is CC(C)CCCCCC(CCS)C(=O)[O-].CC(C)CCCCCC(CCS)C(=O)[O-].CC(C)CCCCCC(CCS)C(=O)[O-].[CH3][Sn+3]. The average molecular weight is 828 g/mol. The van der Waals surface area contributed by atoms with Crippen LogP contribution in [0.5, 0.6) is 0 Å². The maximum atomic E-state index is 10.7. The molecule has 0 rings (SSSR count). The predicted octanol–water partition coefficient (Wildman–Crippen LogP) is 7.04. The molecule has 0 saturated carbocycles. The molecule has 0 amide bonds. The molecular weight excluding hydrogens is 755 g/mol. The van der Waals surface area contributed by atoms with Crippen LogP contribution >= 0.6 is 37.9 Å². The summed E-state index contributed by atoms with van der Waals surface area (Å²) < 4.78 is 0. The first-order chi connectivity index (χ1) is 22.2. The second-order valence-corrected chi connectivity index (χ2v) is 15.0. The van der Waals surface area contributed by atoms with Crippen molar-refractivity contribution in [1.82, 2.24) is 0 Å². The van der Waals surface area contributed by atoms with Gasteiger partial charge in [-0.05, 0) is 91.3 Å². The Kier molecular flexibility index (Phi) is 46.8. The zero-order valence-electron chi connectivity index (χ0n) is 31.1. The summed E-state index contributed by atoms with van der Waals surface area (Å²) in [5.41, 5.74) is 0. The topological polar surface area (TPSA) is 120 Å². The number of carboxylic acids is 3. The van der Waals surface area contributed by atoms with Crippen LogP contribution in [-0.4, -0.2) is 57.7 Å². The van der Waals surface area contributed by atoms with E-state index in [2.05, 4.69) is 84.4 Å². The fourth-order valence-corrected chi connectivity index (χ4v) is 5.90. The summed E-state index contributed by atoms with van der Waals surface area (Å²) in [5.74, 6) is 0.538. The van der Waals surface area contributed by atoms with Crippen LogP contribution in [0, 0.1) is 35.5 Å². The average Bonchev–Trinajstić information content (AvgIpc) is 3.00. The summed E-state index contributed by atoms with van der Waals surface area (Å²) in [6, 6.07) is 0. The van der Waals surface area contributed by atoms with Gasteiger partial charge in [-0.1, -0.05) is 119 Å². The molecule has 0 radical (unpaired) electrons. The van der Waals surface area contributed by atoms with Crippen molar-refractivity contribution in [3.8, 4) is 0 Å². The van der Waals surface area contributed by atoms with Gasteiger partial charge in [-0.15, -0.1) is 0 Å². The molecule has 278 valence electrons. The number of hydrogen-bond acceptors (Lipinski definition) is 9. The first-order valence-corrected chi connectivity index (χ1v) is 22.9. The monoisotopic (exact) mass is 828 g/mol. The van der Waals surface area contributed by atoms with E-state index in [0.29, 0.717) is 36.5 Å². The second-order valence-electron chi connectivity index (χ2n) is 13.7. The molecule has 47 heavy (non-hydrogen) atoms. The van der Waals surface area contributed by atoms with Gasteiger partial charge in [-0.2, -0.15) is 37.9 Å². The Labute approximate surface area is 320 Å². The van der Waals surface area contributed by atoms with Gasteiger partial charge >= 0.3 is 27.5 Å². The van der Waals surface area contributed by atoms with Crippen molar-refractivity contribution in [3.05, 3.63) is 0 Å². The summed E-state index contributed by atoms with van der Waals surface area (Å²) in [5, 5.41) is 32.1. The maximum absolute atomic E-state index is 10.7. The molecule has 3 unspecified atom stereocenters. The van der Waals surface area contributed by atoms with Crippen LogP contribution in [0.2, 0.25) is 4.94 Å². The van der Waals surface area contributed by atoms with Gasteiger partial charge < -0.3 is 29.7 Å². The van der Waals surface area contributed by atoms with E-state index in [1.54, 1.807) is 22.5 Å². The van der Waals surface area contributed by atoms with Crippen molar-refractivity contribution >= 4 is 78.3 Å². The fraction of sp³-hybridized carbons (Fsp3) is 0.919. The molecule has 0 aliphatic rings. The third-order valence-corrected chi connectivity index (χ3v) is 8.71. The van der Waals surface area contributed by atoms with E-state index in [4.69, 9.17) is 0 Å². The number of rotatable bonds is 27. The molecule has 0 aliphatic heterocycles. The van der Waals surface area contributed by atoms with E-state index >= 15 is 0 Å². The van der Waals surface area contributed by atoms with Crippen molar-refractivity contribution in [2.75, 3.05) is 17.3 Å². The van der Waals surface area contributed by atoms with E-state index < -0.39 is 17.9 Å². The van der Waals surface area contributed by atoms with Gasteiger partial charge in [0.2, 0.25) is 0 Å². The van der Waals surface area contributed by atoms with Crippen LogP contribution in [0.25, 0.3) is 0 Å². The number of thiol groups is 3. The summed E-state index contributed by atoms with van der Waals surface area (Å²) in [6.45, 7) is 13.3. The van der Waals surface area contributed by atoms with Gasteiger partial charge in [-0.3, -0.25) is 0 Å². The van der Waals surface area contributed by atoms with E-state index in [-0.39, 0.29) is 17.8 Å². The van der Waals surface area contributed by atoms with E-state index in [9.17, 15) is 29.7 Å². The molecule has 0 aliphatic carbocycles. The Morgan fingerprint density at radius 1 is 0.404 bits per heavy atom. The van der Waals surface area contributed by atoms with Crippen molar-refractivity contribution in [1.29, 1.82) is 0 Å². The van der Waals surface area contributed by atoms with Gasteiger partial charge in [-0.25, -0.2) is 0 Å². The number of aliphatic carboxylic acids is 3. The van der Waals surface area contributed by atoms with Crippen LogP contribution < -0.4 is 15.3 Å². The molecule has 6 nitrogen and oxygen atoms in total. The minimum atomic E-state index is -0.909. The van der Waals surface area contributed by atoms with Gasteiger partial charge in [0.05, 0.1) is 0 Å². The van der Waals surface area contributed by atoms with Gasteiger partial charge in [0.25, 0.3) is 0 Å². The standard InChI is InChI=1S/3C12H24O2S.CH3.Sn/c3*1-10(2)6-4-3-5-7-11(8-9-15)12(13)14;;/h3*10-11,15H,3-9H2,1-2H3,(H,13,14);1H3;/q;;;;+3/p-3. The summed E-state index contributed by atoms with van der Waals surface area (Å²) in [7, 11) is 0. The van der Waals surface area contributed by atoms with E-state index in [1.807, 2.05) is 0 Å². The summed E-state index contributed by atoms with van der Waals surface area (Å²) in [6.07, 6.45) is 17.9. The molecule has 10 heteroatoms. The van der Waals surface area contributed by atoms with Crippen LogP contribution in [-0.2, 0) is 14.4 Å². The number of carboxylic acid groups (broad SMARTS) is 3. The zero-order chi connectivity index (χ0) is 37.0. The molecule has 0 fully saturated rings. The Balaban J connectivity index is -0.000000287. The van der Waals surface area contributed by atoms with Crippen molar-refractivity contribution in [2.24, 2.45) is 35.5 Å². The van der Waals surface area contributed by atoms with Crippen LogP contribution in [0.4, 0.5) is 0 Å². The summed E-state index contributed by atoms with van der Waals surface area (Å²) in [4.78, 5) is 34.2. The molecule has 3 atom stereocenters. The molecule has 0 spiro atoms. The second kappa shape index (κ2) is 40.7. The Bertz CT molecular complexity index is 605. The Morgan fingerprint density at radius 2 is 0.596 bits per heavy atom. The Hall–Kier alpha value is 0.259. The van der Waals surface area contributed by atoms with Gasteiger partial charge in [0.15, 0.2) is 0 Å². The van der Waals surface area contributed by atoms with Gasteiger partial charge in [0.1, 0.15) is 0 Å². The molecule has 0 heterocycles. The predicted molar refractivity (Wildman–Crippen MR) is 206 cm³/mol. The third kappa shape index (κ3) is 44.2. The molecule has 0 N–H and O–H groups in total. The molecule has 0 aromatic heterocycles. The minimum absolute atomic E-state index is 0.290. The number of unbranched alkanes of at least 4 members (excludes halogenated alkanes) is 6.